The first-order valence-electron chi connectivity index (χ1n) is 6.18. The molecule has 0 aromatic heterocycles. The first-order valence-corrected chi connectivity index (χ1v) is 6.18. The summed E-state index contributed by atoms with van der Waals surface area (Å²) in [5, 5.41) is 11.7. The lowest BCUT2D eigenvalue weighted by molar-refractivity contribution is 0.209. The minimum atomic E-state index is 0.214. The summed E-state index contributed by atoms with van der Waals surface area (Å²) in [6.45, 7) is 2.24. The lowest BCUT2D eigenvalue weighted by Gasteiger charge is -2.39. The monoisotopic (exact) mass is 221 g/mol. The minimum Gasteiger partial charge on any atom is -0.198 e. The average Bonchev–Trinajstić information content (AvgIpc) is 2.35. The molecule has 0 N–H and O–H groups in total. The predicted octanol–water partition coefficient (Wildman–Crippen LogP) is 4.10. The Morgan fingerprint density at radius 3 is 2.59 bits per heavy atom. The van der Waals surface area contributed by atoms with Crippen molar-refractivity contribution in [1.82, 2.24) is 0 Å². The van der Waals surface area contributed by atoms with Crippen LogP contribution in [0.1, 0.15) is 24.8 Å². The molecule has 0 radical (unpaired) electrons. The van der Waals surface area contributed by atoms with Gasteiger partial charge >= 0.3 is 0 Å². The molecule has 1 fully saturated rings. The molecule has 84 valence electrons. The van der Waals surface area contributed by atoms with Crippen LogP contribution in [0.2, 0.25) is 0 Å². The van der Waals surface area contributed by atoms with Crippen LogP contribution >= 0.6 is 0 Å². The van der Waals surface area contributed by atoms with E-state index >= 15 is 0 Å². The Balaban J connectivity index is 2.04. The van der Waals surface area contributed by atoms with Crippen molar-refractivity contribution >= 4 is 10.8 Å². The minimum absolute atomic E-state index is 0.214. The molecule has 0 saturated heterocycles. The molecule has 1 aliphatic carbocycles. The molecule has 1 saturated carbocycles. The molecule has 0 spiro atoms. The quantitative estimate of drug-likeness (QED) is 0.711. The molecule has 1 heteroatoms. The van der Waals surface area contributed by atoms with Gasteiger partial charge in [-0.05, 0) is 28.7 Å². The highest BCUT2D eigenvalue weighted by atomic mass is 14.4. The molecule has 2 aromatic carbocycles. The second-order valence-electron chi connectivity index (χ2n) is 5.08. The molecular weight excluding hydrogens is 206 g/mol. The maximum absolute atomic E-state index is 9.10. The summed E-state index contributed by atoms with van der Waals surface area (Å²) in [6, 6.07) is 17.4. The number of fused-ring (bicyclic) bond motifs is 1. The van der Waals surface area contributed by atoms with E-state index in [1.807, 2.05) is 0 Å². The Hall–Kier alpha value is -1.81. The van der Waals surface area contributed by atoms with Crippen LogP contribution in [0.4, 0.5) is 0 Å². The summed E-state index contributed by atoms with van der Waals surface area (Å²) < 4.78 is 0. The van der Waals surface area contributed by atoms with E-state index in [1.54, 1.807) is 0 Å². The van der Waals surface area contributed by atoms with E-state index in [4.69, 9.17) is 5.26 Å². The lowest BCUT2D eigenvalue weighted by Crippen LogP contribution is -2.31. The highest BCUT2D eigenvalue weighted by Gasteiger charge is 2.39. The van der Waals surface area contributed by atoms with E-state index in [2.05, 4.69) is 55.5 Å². The molecule has 3 atom stereocenters. The van der Waals surface area contributed by atoms with Gasteiger partial charge in [0.1, 0.15) is 0 Å². The fourth-order valence-electron chi connectivity index (χ4n) is 3.00. The van der Waals surface area contributed by atoms with E-state index in [0.717, 1.165) is 6.42 Å². The van der Waals surface area contributed by atoms with Crippen molar-refractivity contribution in [3.8, 4) is 6.07 Å². The summed E-state index contributed by atoms with van der Waals surface area (Å²) in [5.74, 6) is 1.29. The average molecular weight is 221 g/mol. The van der Waals surface area contributed by atoms with E-state index < -0.39 is 0 Å². The topological polar surface area (TPSA) is 23.8 Å². The van der Waals surface area contributed by atoms with Gasteiger partial charge in [-0.15, -0.1) is 0 Å². The molecule has 17 heavy (non-hydrogen) atoms. The fourth-order valence-corrected chi connectivity index (χ4v) is 3.00. The molecule has 1 unspecified atom stereocenters. The third-order valence-corrected chi connectivity index (χ3v) is 4.00. The zero-order chi connectivity index (χ0) is 11.8. The molecule has 1 nitrogen and oxygen atoms in total. The zero-order valence-corrected chi connectivity index (χ0v) is 9.93. The molecule has 2 aromatic rings. The highest BCUT2D eigenvalue weighted by molar-refractivity contribution is 5.83. The van der Waals surface area contributed by atoms with Crippen molar-refractivity contribution in [2.45, 2.75) is 19.3 Å². The van der Waals surface area contributed by atoms with E-state index in [9.17, 15) is 0 Å². The molecule has 0 amide bonds. The first-order chi connectivity index (χ1) is 8.29. The van der Waals surface area contributed by atoms with Gasteiger partial charge in [0.05, 0.1) is 12.0 Å². The van der Waals surface area contributed by atoms with Crippen molar-refractivity contribution in [2.24, 2.45) is 11.8 Å². The van der Waals surface area contributed by atoms with Gasteiger partial charge < -0.3 is 0 Å². The highest BCUT2D eigenvalue weighted by Crippen LogP contribution is 2.47. The number of rotatable bonds is 1. The van der Waals surface area contributed by atoms with Gasteiger partial charge in [0.25, 0.3) is 0 Å². The van der Waals surface area contributed by atoms with Crippen molar-refractivity contribution in [3.05, 3.63) is 48.0 Å². The third kappa shape index (κ3) is 1.61. The van der Waals surface area contributed by atoms with Crippen molar-refractivity contribution < 1.29 is 0 Å². The van der Waals surface area contributed by atoms with Crippen LogP contribution < -0.4 is 0 Å². The number of nitrogens with zero attached hydrogens (tertiary/aromatic N) is 1. The van der Waals surface area contributed by atoms with Crippen LogP contribution in [0.25, 0.3) is 10.8 Å². The number of hydrogen-bond acceptors (Lipinski definition) is 1. The number of hydrogen-bond donors (Lipinski definition) is 0. The Bertz CT molecular complexity index is 594. The van der Waals surface area contributed by atoms with Gasteiger partial charge in [0, 0.05) is 5.92 Å². The summed E-state index contributed by atoms with van der Waals surface area (Å²) in [5.41, 5.74) is 1.33. The first kappa shape index (κ1) is 10.4. The molecular formula is C16H15N. The zero-order valence-electron chi connectivity index (χ0n) is 9.93. The molecule has 3 rings (SSSR count). The Morgan fingerprint density at radius 1 is 1.12 bits per heavy atom. The van der Waals surface area contributed by atoms with Crippen LogP contribution in [0, 0.1) is 23.2 Å². The van der Waals surface area contributed by atoms with Crippen molar-refractivity contribution in [1.29, 1.82) is 5.26 Å². The molecule has 0 aliphatic heterocycles. The van der Waals surface area contributed by atoms with Crippen LogP contribution in [0.3, 0.4) is 0 Å². The number of benzene rings is 2. The summed E-state index contributed by atoms with van der Waals surface area (Å²) in [6.07, 6.45) is 1.05. The number of nitriles is 1. The third-order valence-electron chi connectivity index (χ3n) is 4.00. The Kier molecular flexibility index (Phi) is 2.37. The molecule has 0 bridgehead atoms. The maximum Gasteiger partial charge on any atom is 0.0662 e. The van der Waals surface area contributed by atoms with Gasteiger partial charge in [0.2, 0.25) is 0 Å². The maximum atomic E-state index is 9.10. The van der Waals surface area contributed by atoms with Gasteiger partial charge in [-0.25, -0.2) is 0 Å². The normalized spacial score (nSPS) is 27.4. The van der Waals surface area contributed by atoms with Crippen LogP contribution in [-0.4, -0.2) is 0 Å². The van der Waals surface area contributed by atoms with Gasteiger partial charge in [-0.2, -0.15) is 5.26 Å². The standard InChI is InChI=1S/C16H15N/c1-11-8-15(10-17)16(11)14-7-6-12-4-2-3-5-13(12)9-14/h2-7,9,11,15-16H,8H2,1H3/t11-,15?,16-/m0/s1. The fraction of sp³-hybridized carbons (Fsp3) is 0.312. The lowest BCUT2D eigenvalue weighted by atomic mass is 9.63. The largest absolute Gasteiger partial charge is 0.198 e. The second-order valence-corrected chi connectivity index (χ2v) is 5.08. The Morgan fingerprint density at radius 2 is 1.88 bits per heavy atom. The van der Waals surface area contributed by atoms with E-state index in [-0.39, 0.29) is 5.92 Å². The van der Waals surface area contributed by atoms with Crippen molar-refractivity contribution in [3.63, 3.8) is 0 Å². The van der Waals surface area contributed by atoms with Gasteiger partial charge in [0.15, 0.2) is 0 Å². The van der Waals surface area contributed by atoms with Gasteiger partial charge in [-0.3, -0.25) is 0 Å². The van der Waals surface area contributed by atoms with Gasteiger partial charge in [-0.1, -0.05) is 49.4 Å². The molecule has 0 heterocycles. The predicted molar refractivity (Wildman–Crippen MR) is 69.6 cm³/mol. The van der Waals surface area contributed by atoms with E-state index in [0.29, 0.717) is 11.8 Å². The smallest absolute Gasteiger partial charge is 0.0662 e. The summed E-state index contributed by atoms with van der Waals surface area (Å²) in [7, 11) is 0. The van der Waals surface area contributed by atoms with Crippen LogP contribution in [-0.2, 0) is 0 Å². The van der Waals surface area contributed by atoms with Crippen molar-refractivity contribution in [2.75, 3.05) is 0 Å². The Labute approximate surface area is 102 Å². The molecule has 1 aliphatic rings. The van der Waals surface area contributed by atoms with Crippen LogP contribution in [0.15, 0.2) is 42.5 Å². The second kappa shape index (κ2) is 3.89. The summed E-state index contributed by atoms with van der Waals surface area (Å²) in [4.78, 5) is 0. The van der Waals surface area contributed by atoms with E-state index in [1.165, 1.54) is 16.3 Å². The van der Waals surface area contributed by atoms with Crippen LogP contribution in [0.5, 0.6) is 0 Å². The SMILES string of the molecule is C[C@H]1CC(C#N)[C@@H]1c1ccc2ccccc2c1. The summed E-state index contributed by atoms with van der Waals surface area (Å²) >= 11 is 0.